The Kier molecular flexibility index (Phi) is 4.19. The van der Waals surface area contributed by atoms with E-state index in [0.717, 1.165) is 25.9 Å². The number of piperidine rings is 1. The van der Waals surface area contributed by atoms with E-state index in [2.05, 4.69) is 32.2 Å². The Morgan fingerprint density at radius 2 is 1.89 bits per heavy atom. The average Bonchev–Trinajstić information content (AvgIpc) is 2.31. The van der Waals surface area contributed by atoms with Crippen LogP contribution in [0.2, 0.25) is 5.28 Å². The smallest absolute Gasteiger partial charge is 0.230 e. The van der Waals surface area contributed by atoms with Gasteiger partial charge in [0.1, 0.15) is 0 Å². The summed E-state index contributed by atoms with van der Waals surface area (Å²) < 4.78 is 0. The fourth-order valence-electron chi connectivity index (χ4n) is 1.94. The highest BCUT2D eigenvalue weighted by Gasteiger charge is 2.18. The first-order valence-electron chi connectivity index (χ1n) is 6.08. The van der Waals surface area contributed by atoms with Crippen LogP contribution in [0.25, 0.3) is 0 Å². The molecule has 1 fully saturated rings. The third-order valence-electron chi connectivity index (χ3n) is 3.05. The Morgan fingerprint density at radius 3 is 2.50 bits per heavy atom. The molecule has 0 aliphatic carbocycles. The zero-order chi connectivity index (χ0) is 13.1. The highest BCUT2D eigenvalue weighted by atomic mass is 35.5. The van der Waals surface area contributed by atoms with Crippen molar-refractivity contribution in [2.45, 2.75) is 18.9 Å². The number of likely N-dealkylation sites (tertiary alicyclic amines) is 1. The predicted octanol–water partition coefficient (Wildman–Crippen LogP) is 1.10. The van der Waals surface area contributed by atoms with E-state index in [-0.39, 0.29) is 5.28 Å². The van der Waals surface area contributed by atoms with Gasteiger partial charge in [-0.2, -0.15) is 15.0 Å². The van der Waals surface area contributed by atoms with Crippen LogP contribution in [-0.4, -0.2) is 60.1 Å². The minimum atomic E-state index is 0.226. The van der Waals surface area contributed by atoms with Gasteiger partial charge in [-0.1, -0.05) is 0 Å². The molecule has 1 aromatic rings. The van der Waals surface area contributed by atoms with Gasteiger partial charge in [-0.05, 0) is 44.6 Å². The second-order valence-electron chi connectivity index (χ2n) is 4.84. The molecular formula is C11H19ClN6. The van der Waals surface area contributed by atoms with E-state index in [1.165, 1.54) is 0 Å². The lowest BCUT2D eigenvalue weighted by atomic mass is 10.1. The molecule has 6 nitrogen and oxygen atoms in total. The predicted molar refractivity (Wildman–Crippen MR) is 73.3 cm³/mol. The maximum absolute atomic E-state index is 5.90. The maximum atomic E-state index is 5.90. The first-order chi connectivity index (χ1) is 8.54. The molecule has 1 N–H and O–H groups in total. The molecule has 0 amide bonds. The monoisotopic (exact) mass is 270 g/mol. The Morgan fingerprint density at radius 1 is 1.22 bits per heavy atom. The van der Waals surface area contributed by atoms with Gasteiger partial charge in [-0.15, -0.1) is 0 Å². The number of halogens is 1. The quantitative estimate of drug-likeness (QED) is 0.888. The summed E-state index contributed by atoms with van der Waals surface area (Å²) in [6.07, 6.45) is 2.19. The van der Waals surface area contributed by atoms with E-state index < -0.39 is 0 Å². The topological polar surface area (TPSA) is 57.2 Å². The molecule has 2 heterocycles. The van der Waals surface area contributed by atoms with Crippen molar-refractivity contribution >= 4 is 23.5 Å². The van der Waals surface area contributed by atoms with Crippen LogP contribution in [0.1, 0.15) is 12.8 Å². The van der Waals surface area contributed by atoms with Crippen LogP contribution in [0, 0.1) is 0 Å². The Hall–Kier alpha value is -1.14. The van der Waals surface area contributed by atoms with Crippen molar-refractivity contribution in [3.05, 3.63) is 5.28 Å². The van der Waals surface area contributed by atoms with E-state index >= 15 is 0 Å². The summed E-state index contributed by atoms with van der Waals surface area (Å²) in [5.74, 6) is 1.14. The zero-order valence-electron chi connectivity index (χ0n) is 11.0. The Balaban J connectivity index is 2.04. The number of hydrogen-bond donors (Lipinski definition) is 1. The molecule has 0 bridgehead atoms. The molecule has 7 heteroatoms. The first kappa shape index (κ1) is 13.3. The third-order valence-corrected chi connectivity index (χ3v) is 3.22. The van der Waals surface area contributed by atoms with Gasteiger partial charge >= 0.3 is 0 Å². The molecular weight excluding hydrogens is 252 g/mol. The molecule has 0 aromatic carbocycles. The van der Waals surface area contributed by atoms with Crippen LogP contribution >= 0.6 is 11.6 Å². The van der Waals surface area contributed by atoms with Crippen LogP contribution in [0.5, 0.6) is 0 Å². The first-order valence-corrected chi connectivity index (χ1v) is 6.46. The Labute approximate surface area is 112 Å². The van der Waals surface area contributed by atoms with E-state index in [0.29, 0.717) is 17.9 Å². The molecule has 18 heavy (non-hydrogen) atoms. The van der Waals surface area contributed by atoms with Crippen molar-refractivity contribution in [2.75, 3.05) is 44.4 Å². The summed E-state index contributed by atoms with van der Waals surface area (Å²) in [5.41, 5.74) is 0. The van der Waals surface area contributed by atoms with Crippen molar-refractivity contribution in [1.82, 2.24) is 19.9 Å². The third kappa shape index (κ3) is 3.43. The normalized spacial score (nSPS) is 17.8. The van der Waals surface area contributed by atoms with E-state index in [9.17, 15) is 0 Å². The van der Waals surface area contributed by atoms with Gasteiger partial charge in [0, 0.05) is 20.1 Å². The van der Waals surface area contributed by atoms with Crippen molar-refractivity contribution in [1.29, 1.82) is 0 Å². The van der Waals surface area contributed by atoms with Gasteiger partial charge in [0.15, 0.2) is 0 Å². The summed E-state index contributed by atoms with van der Waals surface area (Å²) >= 11 is 5.90. The lowest BCUT2D eigenvalue weighted by molar-refractivity contribution is 0.263. The van der Waals surface area contributed by atoms with E-state index in [1.807, 2.05) is 19.0 Å². The van der Waals surface area contributed by atoms with Crippen LogP contribution in [-0.2, 0) is 0 Å². The average molecular weight is 271 g/mol. The van der Waals surface area contributed by atoms with Gasteiger partial charge in [-0.25, -0.2) is 0 Å². The molecule has 2 rings (SSSR count). The van der Waals surface area contributed by atoms with Crippen LogP contribution < -0.4 is 10.2 Å². The van der Waals surface area contributed by atoms with E-state index in [1.54, 1.807) is 0 Å². The summed E-state index contributed by atoms with van der Waals surface area (Å²) in [6, 6.07) is 0.412. The van der Waals surface area contributed by atoms with Crippen molar-refractivity contribution in [3.8, 4) is 0 Å². The highest BCUT2D eigenvalue weighted by molar-refractivity contribution is 6.28. The summed E-state index contributed by atoms with van der Waals surface area (Å²) in [7, 11) is 5.90. The second kappa shape index (κ2) is 5.67. The highest BCUT2D eigenvalue weighted by Crippen LogP contribution is 2.16. The van der Waals surface area contributed by atoms with Gasteiger partial charge < -0.3 is 15.1 Å². The zero-order valence-corrected chi connectivity index (χ0v) is 11.8. The fourth-order valence-corrected chi connectivity index (χ4v) is 2.10. The number of aromatic nitrogens is 3. The van der Waals surface area contributed by atoms with Crippen LogP contribution in [0.4, 0.5) is 11.9 Å². The molecule has 1 aromatic heterocycles. The fraction of sp³-hybridized carbons (Fsp3) is 0.727. The van der Waals surface area contributed by atoms with Gasteiger partial charge in [0.25, 0.3) is 0 Å². The molecule has 1 aliphatic heterocycles. The molecule has 0 saturated carbocycles. The summed E-state index contributed by atoms with van der Waals surface area (Å²) in [6.45, 7) is 2.19. The van der Waals surface area contributed by atoms with Crippen LogP contribution in [0.15, 0.2) is 0 Å². The van der Waals surface area contributed by atoms with Crippen molar-refractivity contribution in [2.24, 2.45) is 0 Å². The molecule has 100 valence electrons. The Bertz CT molecular complexity index is 403. The maximum Gasteiger partial charge on any atom is 0.230 e. The minimum absolute atomic E-state index is 0.226. The standard InChI is InChI=1S/C11H19ClN6/c1-17(2)11-15-9(12)14-10(16-11)13-8-4-6-18(3)7-5-8/h8H,4-7H2,1-3H3,(H,13,14,15,16). The van der Waals surface area contributed by atoms with Crippen molar-refractivity contribution in [3.63, 3.8) is 0 Å². The largest absolute Gasteiger partial charge is 0.351 e. The summed E-state index contributed by atoms with van der Waals surface area (Å²) in [4.78, 5) is 16.7. The molecule has 0 atom stereocenters. The number of hydrogen-bond acceptors (Lipinski definition) is 6. The minimum Gasteiger partial charge on any atom is -0.351 e. The van der Waals surface area contributed by atoms with Crippen LogP contribution in [0.3, 0.4) is 0 Å². The summed E-state index contributed by atoms with van der Waals surface area (Å²) in [5, 5.41) is 3.56. The second-order valence-corrected chi connectivity index (χ2v) is 5.18. The lowest BCUT2D eigenvalue weighted by Gasteiger charge is -2.29. The van der Waals surface area contributed by atoms with E-state index in [4.69, 9.17) is 11.6 Å². The molecule has 1 aliphatic rings. The SMILES string of the molecule is CN1CCC(Nc2nc(Cl)nc(N(C)C)n2)CC1. The molecule has 0 radical (unpaired) electrons. The number of nitrogens with zero attached hydrogens (tertiary/aromatic N) is 5. The number of nitrogens with one attached hydrogen (secondary N) is 1. The van der Waals surface area contributed by atoms with Crippen molar-refractivity contribution < 1.29 is 0 Å². The lowest BCUT2D eigenvalue weighted by Crippen LogP contribution is -2.37. The van der Waals surface area contributed by atoms with Gasteiger partial charge in [0.2, 0.25) is 17.2 Å². The molecule has 1 saturated heterocycles. The van der Waals surface area contributed by atoms with Gasteiger partial charge in [0.05, 0.1) is 0 Å². The number of rotatable bonds is 3. The number of anilines is 2. The molecule has 0 spiro atoms. The van der Waals surface area contributed by atoms with Gasteiger partial charge in [-0.3, -0.25) is 0 Å². The molecule has 0 unspecified atom stereocenters.